The fourth-order valence-electron chi connectivity index (χ4n) is 11.0. The number of methoxy groups -OCH3 is 2. The lowest BCUT2D eigenvalue weighted by Gasteiger charge is -2.52. The van der Waals surface area contributed by atoms with Crippen LogP contribution >= 0.6 is 0 Å². The molecule has 66 heavy (non-hydrogen) atoms. The number of aromatic nitrogens is 3. The van der Waals surface area contributed by atoms with E-state index in [1.807, 2.05) is 34.0 Å². The van der Waals surface area contributed by atoms with Gasteiger partial charge in [-0.15, -0.1) is 5.10 Å². The van der Waals surface area contributed by atoms with E-state index in [9.17, 15) is 34.4 Å². The molecule has 0 saturated carbocycles. The van der Waals surface area contributed by atoms with Crippen molar-refractivity contribution in [2.45, 2.75) is 192 Å². The number of hydrogen-bond donors (Lipinski definition) is 4. The van der Waals surface area contributed by atoms with Crippen molar-refractivity contribution in [1.82, 2.24) is 19.9 Å². The largest absolute Gasteiger partial charge is 0.459 e. The summed E-state index contributed by atoms with van der Waals surface area (Å²) in [6.45, 7) is 18.5. The van der Waals surface area contributed by atoms with Gasteiger partial charge in [-0.1, -0.05) is 52.0 Å². The molecule has 0 bridgehead atoms. The Morgan fingerprint density at radius 1 is 0.924 bits per heavy atom. The van der Waals surface area contributed by atoms with Crippen LogP contribution in [0.5, 0.6) is 0 Å². The fraction of sp³-hybridized carbons (Fsp3) is 0.796. The smallest absolute Gasteiger partial charge is 0.309 e. The van der Waals surface area contributed by atoms with Crippen molar-refractivity contribution < 1.29 is 62.8 Å². The summed E-state index contributed by atoms with van der Waals surface area (Å²) in [6, 6.07) is 5.89. The van der Waals surface area contributed by atoms with Gasteiger partial charge in [-0.05, 0) is 104 Å². The van der Waals surface area contributed by atoms with Crippen molar-refractivity contribution >= 4 is 11.8 Å². The number of halogens is 1. The molecule has 4 heterocycles. The number of likely N-dealkylation sites (N-methyl/N-ethyl adjacent to an activating group) is 1. The third kappa shape index (κ3) is 11.9. The van der Waals surface area contributed by atoms with Crippen LogP contribution in [0, 0.1) is 35.4 Å². The third-order valence-corrected chi connectivity index (χ3v) is 15.3. The topological polar surface area (TPSA) is 204 Å². The molecule has 0 radical (unpaired) electrons. The summed E-state index contributed by atoms with van der Waals surface area (Å²) >= 11 is 0. The minimum Gasteiger partial charge on any atom is -0.459 e. The molecule has 0 amide bonds. The van der Waals surface area contributed by atoms with Crippen LogP contribution in [0.25, 0.3) is 0 Å². The average molecular weight is 935 g/mol. The molecule has 3 aliphatic heterocycles. The normalized spacial score (nSPS) is 41.1. The van der Waals surface area contributed by atoms with Crippen molar-refractivity contribution in [3.8, 4) is 0 Å². The zero-order valence-electron chi connectivity index (χ0n) is 41.4. The van der Waals surface area contributed by atoms with Crippen molar-refractivity contribution in [2.75, 3.05) is 27.8 Å². The highest BCUT2D eigenvalue weighted by atomic mass is 19.1. The molecule has 18 atom stereocenters. The number of Topliss-reactive ketones (excluding diaryl/α,β-unsaturated/α-hetero) is 1. The van der Waals surface area contributed by atoms with E-state index >= 15 is 0 Å². The molecule has 0 spiro atoms. The second-order valence-corrected chi connectivity index (χ2v) is 20.4. The third-order valence-electron chi connectivity index (χ3n) is 15.3. The molecule has 1 unspecified atom stereocenters. The molecule has 374 valence electrons. The molecule has 1 aromatic heterocycles. The molecule has 4 N–H and O–H groups in total. The number of hydrogen-bond acceptors (Lipinski definition) is 15. The number of benzene rings is 1. The second kappa shape index (κ2) is 22.2. The first-order valence-electron chi connectivity index (χ1n) is 23.8. The first kappa shape index (κ1) is 54.0. The van der Waals surface area contributed by atoms with Crippen LogP contribution < -0.4 is 0 Å². The van der Waals surface area contributed by atoms with E-state index in [1.54, 1.807) is 58.4 Å². The zero-order chi connectivity index (χ0) is 49.1. The Hall–Kier alpha value is -2.97. The Balaban J connectivity index is 1.47. The summed E-state index contributed by atoms with van der Waals surface area (Å²) in [7, 11) is 5.01. The lowest BCUT2D eigenvalue weighted by molar-refractivity contribution is -0.305. The first-order valence-corrected chi connectivity index (χ1v) is 23.8. The van der Waals surface area contributed by atoms with Crippen molar-refractivity contribution in [2.24, 2.45) is 29.6 Å². The molecular formula is C49H79FN4O12. The van der Waals surface area contributed by atoms with Gasteiger partial charge in [0.15, 0.2) is 6.29 Å². The minimum atomic E-state index is -1.98. The van der Waals surface area contributed by atoms with E-state index in [2.05, 4.69) is 15.2 Å². The summed E-state index contributed by atoms with van der Waals surface area (Å²) in [5, 5.41) is 55.5. The highest BCUT2D eigenvalue weighted by molar-refractivity contribution is 5.83. The summed E-state index contributed by atoms with van der Waals surface area (Å²) in [5.41, 5.74) is -2.59. The van der Waals surface area contributed by atoms with Crippen LogP contribution in [0.3, 0.4) is 0 Å². The molecule has 3 saturated heterocycles. The molecule has 16 nitrogen and oxygen atoms in total. The number of esters is 1. The SMILES string of the molecule is CC[C@H]1OC(=O)[C@H](C)C([C@H]2C[C@@](C)(OC)[C@@H](O)[C@H](C)O2)[C@H](C)[C@@H](O[C@@H]2O[C@H](C)C[C@H](N(C)CCCc3cn(Cc4ccc(F)cc4)nn3)[C@H]2O)[C@](C)(OC)C[C@@H](C)C(=O)[C@H](C)[C@@H](O)[C@]1(C)O. The number of aliphatic hydroxyl groups is 4. The molecule has 2 aromatic rings. The first-order chi connectivity index (χ1) is 30.9. The lowest BCUT2D eigenvalue weighted by atomic mass is 9.67. The highest BCUT2D eigenvalue weighted by Gasteiger charge is 2.56. The van der Waals surface area contributed by atoms with Gasteiger partial charge in [0, 0.05) is 50.6 Å². The molecule has 17 heteroatoms. The Kier molecular flexibility index (Phi) is 18.2. The molecular weight excluding hydrogens is 856 g/mol. The summed E-state index contributed by atoms with van der Waals surface area (Å²) in [5.74, 6) is -5.31. The summed E-state index contributed by atoms with van der Waals surface area (Å²) in [4.78, 5) is 30.9. The molecule has 1 aromatic carbocycles. The van der Waals surface area contributed by atoms with E-state index in [1.165, 1.54) is 33.3 Å². The van der Waals surface area contributed by atoms with Gasteiger partial charge < -0.3 is 53.7 Å². The standard InChI is InChI=1S/C49H79FN4O12/c1-14-38-49(10,60)42(57)31(6)40(55)27(2)23-48(9,62-13)44(29(4)39(30(5)45(59)65-38)37-24-47(8,61-12)43(58)32(7)64-37)66-46-41(56)36(22-28(3)63-46)53(11)21-15-16-35-26-54(52-51-35)25-33-17-19-34(50)20-18-33/h17-20,26-32,36-39,41-44,46,56-58,60H,14-16,21-25H2,1-13H3/t27-,28-,29+,30-,31+,32+,36+,37-,38-,39?,41-,42-,43+,44-,46+,47-,48-,49-/m1/s1. The van der Waals surface area contributed by atoms with Crippen LogP contribution in [-0.2, 0) is 51.0 Å². The number of ether oxygens (including phenoxy) is 6. The van der Waals surface area contributed by atoms with E-state index in [0.29, 0.717) is 25.9 Å². The van der Waals surface area contributed by atoms with Gasteiger partial charge in [0.25, 0.3) is 0 Å². The highest BCUT2D eigenvalue weighted by Crippen LogP contribution is 2.46. The maximum atomic E-state index is 14.5. The predicted molar refractivity (Wildman–Crippen MR) is 242 cm³/mol. The van der Waals surface area contributed by atoms with E-state index < -0.39 is 101 Å². The summed E-state index contributed by atoms with van der Waals surface area (Å²) in [6.07, 6.45) is -4.53. The maximum absolute atomic E-state index is 14.5. The molecule has 3 fully saturated rings. The van der Waals surface area contributed by atoms with Crippen LogP contribution in [-0.4, -0.2) is 158 Å². The van der Waals surface area contributed by atoms with E-state index in [0.717, 1.165) is 17.7 Å². The van der Waals surface area contributed by atoms with Gasteiger partial charge in [0.05, 0.1) is 59.9 Å². The summed E-state index contributed by atoms with van der Waals surface area (Å²) < 4.78 is 53.7. The minimum absolute atomic E-state index is 0.103. The Morgan fingerprint density at radius 2 is 1.58 bits per heavy atom. The molecule has 0 aliphatic carbocycles. The number of rotatable bonds is 13. The fourth-order valence-corrected chi connectivity index (χ4v) is 11.0. The van der Waals surface area contributed by atoms with Gasteiger partial charge in [-0.2, -0.15) is 0 Å². The second-order valence-electron chi connectivity index (χ2n) is 20.4. The average Bonchev–Trinajstić information content (AvgIpc) is 3.73. The number of aryl methyl sites for hydroxylation is 1. The Bertz CT molecular complexity index is 1890. The monoisotopic (exact) mass is 935 g/mol. The number of carbonyl (C=O) groups is 2. The zero-order valence-corrected chi connectivity index (χ0v) is 41.4. The number of aliphatic hydroxyl groups excluding tert-OH is 3. The molecule has 5 rings (SSSR count). The van der Waals surface area contributed by atoms with Crippen LogP contribution in [0.2, 0.25) is 0 Å². The Morgan fingerprint density at radius 3 is 2.20 bits per heavy atom. The number of cyclic esters (lactones) is 1. The maximum Gasteiger partial charge on any atom is 0.309 e. The number of ketones is 1. The van der Waals surface area contributed by atoms with Crippen LogP contribution in [0.15, 0.2) is 30.5 Å². The quantitative estimate of drug-likeness (QED) is 0.204. The van der Waals surface area contributed by atoms with E-state index in [4.69, 9.17) is 28.4 Å². The van der Waals surface area contributed by atoms with Gasteiger partial charge >= 0.3 is 5.97 Å². The predicted octanol–water partition coefficient (Wildman–Crippen LogP) is 4.50. The van der Waals surface area contributed by atoms with Gasteiger partial charge in [-0.25, -0.2) is 9.07 Å². The Labute approximate surface area is 390 Å². The number of carbonyl (C=O) groups excluding carboxylic acids is 2. The van der Waals surface area contributed by atoms with Crippen molar-refractivity contribution in [1.29, 1.82) is 0 Å². The van der Waals surface area contributed by atoms with Crippen molar-refractivity contribution in [3.05, 3.63) is 47.5 Å². The van der Waals surface area contributed by atoms with Gasteiger partial charge in [0.2, 0.25) is 0 Å². The lowest BCUT2D eigenvalue weighted by Crippen LogP contribution is -2.62. The van der Waals surface area contributed by atoms with Gasteiger partial charge in [-0.3, -0.25) is 9.59 Å². The van der Waals surface area contributed by atoms with E-state index in [-0.39, 0.29) is 43.0 Å². The van der Waals surface area contributed by atoms with Gasteiger partial charge in [0.1, 0.15) is 35.5 Å². The van der Waals surface area contributed by atoms with Crippen molar-refractivity contribution in [3.63, 3.8) is 0 Å². The number of nitrogens with zero attached hydrogens (tertiary/aromatic N) is 4. The molecule has 3 aliphatic rings. The van der Waals surface area contributed by atoms with Crippen LogP contribution in [0.4, 0.5) is 4.39 Å². The van der Waals surface area contributed by atoms with Crippen LogP contribution in [0.1, 0.15) is 113 Å².